The third-order valence-corrected chi connectivity index (χ3v) is 3.26. The van der Waals surface area contributed by atoms with E-state index < -0.39 is 63.5 Å². The van der Waals surface area contributed by atoms with Crippen LogP contribution in [0.2, 0.25) is 0 Å². The van der Waals surface area contributed by atoms with Crippen molar-refractivity contribution < 1.29 is 37.7 Å². The van der Waals surface area contributed by atoms with Gasteiger partial charge in [0, 0.05) is 5.56 Å². The van der Waals surface area contributed by atoms with Gasteiger partial charge >= 0.3 is 5.97 Å². The Morgan fingerprint density at radius 1 is 1.19 bits per heavy atom. The number of aliphatic hydroxyl groups is 1. The first-order valence-corrected chi connectivity index (χ1v) is 5.32. The first-order chi connectivity index (χ1) is 9.56. The van der Waals surface area contributed by atoms with Gasteiger partial charge in [-0.05, 0) is 0 Å². The molecule has 1 aliphatic rings. The molecule has 1 aromatic carbocycles. The Hall–Kier alpha value is -2.33. The molecule has 2 rings (SSSR count). The summed E-state index contributed by atoms with van der Waals surface area (Å²) in [6.07, 6.45) is -2.82. The van der Waals surface area contributed by atoms with Crippen LogP contribution in [0.3, 0.4) is 0 Å². The number of hydrogen-bond donors (Lipinski definition) is 5. The van der Waals surface area contributed by atoms with Gasteiger partial charge in [0.15, 0.2) is 34.6 Å². The van der Waals surface area contributed by atoms with E-state index in [0.29, 0.717) is 0 Å². The number of carboxylic acids is 1. The van der Waals surface area contributed by atoms with Crippen molar-refractivity contribution in [3.05, 3.63) is 28.6 Å². The lowest BCUT2D eigenvalue weighted by atomic mass is 9.76. The minimum Gasteiger partial charge on any atom is -0.505 e. The van der Waals surface area contributed by atoms with Gasteiger partial charge in [-0.3, -0.25) is 0 Å². The Kier molecular flexibility index (Phi) is 3.11. The molecular weight excluding hydrogens is 300 g/mol. The molecule has 0 bridgehead atoms. The Balaban J connectivity index is 3.07. The predicted octanol–water partition coefficient (Wildman–Crippen LogP) is 0.473. The van der Waals surface area contributed by atoms with Crippen molar-refractivity contribution >= 4 is 17.5 Å². The Labute approximate surface area is 113 Å². The number of carboxylic acid groups (broad SMARTS) is 1. The van der Waals surface area contributed by atoms with Crippen molar-refractivity contribution in [2.75, 3.05) is 5.73 Å². The zero-order valence-electron chi connectivity index (χ0n) is 9.99. The number of fused-ring (bicyclic) bond motifs is 1. The molecule has 2 atom stereocenters. The number of nitrogens with two attached hydrogens (primary N) is 2. The van der Waals surface area contributed by atoms with Crippen LogP contribution >= 0.6 is 0 Å². The fourth-order valence-electron chi connectivity index (χ4n) is 2.10. The predicted molar refractivity (Wildman–Crippen MR) is 61.1 cm³/mol. The molecule has 1 aliphatic carbocycles. The molecule has 21 heavy (non-hydrogen) atoms. The van der Waals surface area contributed by atoms with Gasteiger partial charge in [-0.25, -0.2) is 22.4 Å². The van der Waals surface area contributed by atoms with E-state index in [4.69, 9.17) is 16.6 Å². The lowest BCUT2D eigenvalue weighted by Gasteiger charge is -2.35. The minimum absolute atomic E-state index is 1.25. The summed E-state index contributed by atoms with van der Waals surface area (Å²) in [7, 11) is 0. The number of phenolic OH excluding ortho intramolecular Hbond substituents is 1. The number of phenols is 1. The maximum Gasteiger partial charge on any atom is 0.331 e. The molecule has 7 N–H and O–H groups in total. The fourth-order valence-corrected chi connectivity index (χ4v) is 2.10. The molecule has 1 aromatic rings. The van der Waals surface area contributed by atoms with E-state index >= 15 is 0 Å². The van der Waals surface area contributed by atoms with Crippen LogP contribution in [0.15, 0.2) is 5.83 Å². The highest BCUT2D eigenvalue weighted by molar-refractivity contribution is 5.90. The fraction of sp³-hybridized carbons (Fsp3) is 0.182. The standard InChI is InChI=1S/C11H8F4N2O4/c12-3-1-2(4(13)5(14)7(16)8(1)18)11(17,10(20)21)9(19)6(3)15/h9,18-19H,16-17H2,(H,20,21). The van der Waals surface area contributed by atoms with E-state index in [9.17, 15) is 32.6 Å². The summed E-state index contributed by atoms with van der Waals surface area (Å²) < 4.78 is 54.8. The topological polar surface area (TPSA) is 130 Å². The first-order valence-electron chi connectivity index (χ1n) is 5.32. The van der Waals surface area contributed by atoms with Gasteiger partial charge in [-0.2, -0.15) is 0 Å². The number of nitrogen functional groups attached to an aromatic ring is 1. The molecule has 0 heterocycles. The van der Waals surface area contributed by atoms with Crippen molar-refractivity contribution in [3.8, 4) is 5.75 Å². The maximum atomic E-state index is 13.9. The smallest absolute Gasteiger partial charge is 0.331 e. The second-order valence-electron chi connectivity index (χ2n) is 4.38. The average molecular weight is 308 g/mol. The van der Waals surface area contributed by atoms with Crippen molar-refractivity contribution in [2.24, 2.45) is 5.73 Å². The van der Waals surface area contributed by atoms with E-state index in [-0.39, 0.29) is 0 Å². The van der Waals surface area contributed by atoms with E-state index in [0.717, 1.165) is 0 Å². The largest absolute Gasteiger partial charge is 0.505 e. The lowest BCUT2D eigenvalue weighted by Crippen LogP contribution is -2.57. The number of aliphatic hydroxyl groups excluding tert-OH is 1. The third-order valence-electron chi connectivity index (χ3n) is 3.26. The minimum atomic E-state index is -3.24. The molecule has 0 amide bonds. The number of hydrogen-bond acceptors (Lipinski definition) is 5. The Morgan fingerprint density at radius 3 is 2.19 bits per heavy atom. The SMILES string of the molecule is Nc1c(O)c2c(c(F)c1F)C(N)(C(=O)O)C(O)C(F)=C2F. The number of carbonyl (C=O) groups is 1. The first kappa shape index (κ1) is 15.1. The van der Waals surface area contributed by atoms with Crippen molar-refractivity contribution in [1.82, 2.24) is 0 Å². The molecule has 0 spiro atoms. The van der Waals surface area contributed by atoms with E-state index in [1.54, 1.807) is 0 Å². The Morgan fingerprint density at radius 2 is 1.71 bits per heavy atom. The van der Waals surface area contributed by atoms with Gasteiger partial charge in [0.25, 0.3) is 0 Å². The summed E-state index contributed by atoms with van der Waals surface area (Å²) in [6.45, 7) is 0. The number of aromatic hydroxyl groups is 1. The second kappa shape index (κ2) is 4.33. The van der Waals surface area contributed by atoms with Gasteiger partial charge in [0.05, 0.1) is 5.56 Å². The van der Waals surface area contributed by atoms with Crippen molar-refractivity contribution in [3.63, 3.8) is 0 Å². The molecule has 0 saturated heterocycles. The lowest BCUT2D eigenvalue weighted by molar-refractivity contribution is -0.148. The highest BCUT2D eigenvalue weighted by Gasteiger charge is 2.55. The summed E-state index contributed by atoms with van der Waals surface area (Å²) in [5.41, 5.74) is 2.95. The summed E-state index contributed by atoms with van der Waals surface area (Å²) >= 11 is 0. The van der Waals surface area contributed by atoms with E-state index in [2.05, 4.69) is 0 Å². The van der Waals surface area contributed by atoms with Crippen LogP contribution < -0.4 is 11.5 Å². The van der Waals surface area contributed by atoms with Gasteiger partial charge in [-0.1, -0.05) is 0 Å². The number of anilines is 1. The zero-order valence-corrected chi connectivity index (χ0v) is 9.99. The monoisotopic (exact) mass is 308 g/mol. The maximum absolute atomic E-state index is 13.9. The molecule has 114 valence electrons. The van der Waals surface area contributed by atoms with Crippen LogP contribution in [-0.4, -0.2) is 27.4 Å². The van der Waals surface area contributed by atoms with E-state index in [1.165, 1.54) is 0 Å². The van der Waals surface area contributed by atoms with Gasteiger partial charge < -0.3 is 26.8 Å². The summed E-state index contributed by atoms with van der Waals surface area (Å²) in [5, 5.41) is 28.0. The number of aliphatic carboxylic acids is 1. The number of rotatable bonds is 1. The summed E-state index contributed by atoms with van der Waals surface area (Å²) in [6, 6.07) is 0. The van der Waals surface area contributed by atoms with Crippen LogP contribution in [0.5, 0.6) is 5.75 Å². The van der Waals surface area contributed by atoms with Gasteiger partial charge in [-0.15, -0.1) is 0 Å². The molecule has 10 heteroatoms. The number of benzene rings is 1. The third kappa shape index (κ3) is 1.63. The van der Waals surface area contributed by atoms with Gasteiger partial charge in [0.2, 0.25) is 0 Å². The van der Waals surface area contributed by atoms with Crippen LogP contribution in [0.1, 0.15) is 11.1 Å². The highest BCUT2D eigenvalue weighted by atomic mass is 19.2. The molecule has 0 saturated carbocycles. The zero-order chi connectivity index (χ0) is 16.3. The summed E-state index contributed by atoms with van der Waals surface area (Å²) in [4.78, 5) is 11.2. The van der Waals surface area contributed by atoms with Crippen molar-refractivity contribution in [2.45, 2.75) is 11.6 Å². The summed E-state index contributed by atoms with van der Waals surface area (Å²) in [5.74, 6) is -11.5. The molecule has 6 nitrogen and oxygen atoms in total. The van der Waals surface area contributed by atoms with Crippen LogP contribution in [0, 0.1) is 11.6 Å². The van der Waals surface area contributed by atoms with Crippen LogP contribution in [0.4, 0.5) is 23.2 Å². The molecular formula is C11H8F4N2O4. The van der Waals surface area contributed by atoms with Gasteiger partial charge in [0.1, 0.15) is 11.8 Å². The van der Waals surface area contributed by atoms with E-state index in [1.807, 2.05) is 0 Å². The highest BCUT2D eigenvalue weighted by Crippen LogP contribution is 2.49. The van der Waals surface area contributed by atoms with Crippen LogP contribution in [0.25, 0.3) is 5.83 Å². The molecule has 0 fully saturated rings. The van der Waals surface area contributed by atoms with Crippen molar-refractivity contribution in [1.29, 1.82) is 0 Å². The normalized spacial score (nSPS) is 25.0. The molecule has 0 aliphatic heterocycles. The molecule has 0 radical (unpaired) electrons. The second-order valence-corrected chi connectivity index (χ2v) is 4.38. The molecule has 0 aromatic heterocycles. The van der Waals surface area contributed by atoms with Crippen LogP contribution in [-0.2, 0) is 10.3 Å². The quantitative estimate of drug-likeness (QED) is 0.291. The molecule has 2 unspecified atom stereocenters. The Bertz CT molecular complexity index is 706. The number of halogens is 4. The average Bonchev–Trinajstić information content (AvgIpc) is 2.43.